The molecule has 5 heteroatoms. The molecular formula is C12H25NO3S. The molecule has 0 saturated heterocycles. The molecule has 0 heterocycles. The Labute approximate surface area is 105 Å². The Bertz CT molecular complexity index is 308. The fraction of sp³-hybridized carbons (Fsp3) is 1.00. The quantitative estimate of drug-likeness (QED) is 0.759. The van der Waals surface area contributed by atoms with Gasteiger partial charge in [-0.2, -0.15) is 4.31 Å². The summed E-state index contributed by atoms with van der Waals surface area (Å²) in [5.41, 5.74) is 0. The Morgan fingerprint density at radius 1 is 1.29 bits per heavy atom. The van der Waals surface area contributed by atoms with Crippen LogP contribution < -0.4 is 0 Å². The minimum Gasteiger partial charge on any atom is -0.396 e. The van der Waals surface area contributed by atoms with Crippen LogP contribution in [0.5, 0.6) is 0 Å². The molecule has 4 nitrogen and oxygen atoms in total. The number of hydrogen-bond acceptors (Lipinski definition) is 3. The Morgan fingerprint density at radius 2 is 1.88 bits per heavy atom. The zero-order valence-corrected chi connectivity index (χ0v) is 11.7. The van der Waals surface area contributed by atoms with Gasteiger partial charge in [-0.1, -0.05) is 26.7 Å². The second-order valence-corrected chi connectivity index (χ2v) is 7.34. The maximum atomic E-state index is 12.2. The molecule has 0 aromatic carbocycles. The standard InChI is InChI=1S/C12H25NO3S/c1-11(2)10-13(12-6-3-4-7-12)17(15,16)9-5-8-14/h11-12,14H,3-10H2,1-2H3. The van der Waals surface area contributed by atoms with E-state index >= 15 is 0 Å². The Hall–Kier alpha value is -0.130. The van der Waals surface area contributed by atoms with Crippen LogP contribution >= 0.6 is 0 Å². The van der Waals surface area contributed by atoms with E-state index in [1.54, 1.807) is 4.31 Å². The van der Waals surface area contributed by atoms with Crippen LogP contribution in [0.3, 0.4) is 0 Å². The Kier molecular flexibility index (Phi) is 5.89. The van der Waals surface area contributed by atoms with Crippen LogP contribution in [0.2, 0.25) is 0 Å². The van der Waals surface area contributed by atoms with E-state index in [0.717, 1.165) is 25.7 Å². The molecule has 0 atom stereocenters. The van der Waals surface area contributed by atoms with Crippen molar-refractivity contribution in [2.45, 2.75) is 52.0 Å². The zero-order chi connectivity index (χ0) is 12.9. The average molecular weight is 263 g/mol. The van der Waals surface area contributed by atoms with E-state index in [4.69, 9.17) is 5.11 Å². The van der Waals surface area contributed by atoms with E-state index in [-0.39, 0.29) is 18.4 Å². The third kappa shape index (κ3) is 4.56. The molecule has 0 amide bonds. The number of aliphatic hydroxyl groups excluding tert-OH is 1. The van der Waals surface area contributed by atoms with Crippen molar-refractivity contribution in [1.82, 2.24) is 4.31 Å². The van der Waals surface area contributed by atoms with Crippen LogP contribution in [0.25, 0.3) is 0 Å². The minimum atomic E-state index is -3.19. The molecule has 0 unspecified atom stereocenters. The third-order valence-electron chi connectivity index (χ3n) is 3.19. The molecule has 1 fully saturated rings. The van der Waals surface area contributed by atoms with Gasteiger partial charge in [0.25, 0.3) is 0 Å². The maximum Gasteiger partial charge on any atom is 0.214 e. The largest absolute Gasteiger partial charge is 0.396 e. The lowest BCUT2D eigenvalue weighted by molar-refractivity contribution is 0.281. The van der Waals surface area contributed by atoms with Gasteiger partial charge in [0.1, 0.15) is 0 Å². The lowest BCUT2D eigenvalue weighted by atomic mass is 10.2. The lowest BCUT2D eigenvalue weighted by Crippen LogP contribution is -2.42. The lowest BCUT2D eigenvalue weighted by Gasteiger charge is -2.29. The topological polar surface area (TPSA) is 57.6 Å². The molecule has 0 aromatic rings. The first-order valence-electron chi connectivity index (χ1n) is 6.57. The molecule has 0 bridgehead atoms. The van der Waals surface area contributed by atoms with Crippen molar-refractivity contribution in [1.29, 1.82) is 0 Å². The number of aliphatic hydroxyl groups is 1. The van der Waals surface area contributed by atoms with Crippen LogP contribution in [0, 0.1) is 5.92 Å². The highest BCUT2D eigenvalue weighted by Crippen LogP contribution is 2.26. The molecular weight excluding hydrogens is 238 g/mol. The summed E-state index contributed by atoms with van der Waals surface area (Å²) in [7, 11) is -3.19. The van der Waals surface area contributed by atoms with E-state index in [2.05, 4.69) is 0 Å². The van der Waals surface area contributed by atoms with Crippen molar-refractivity contribution in [3.8, 4) is 0 Å². The molecule has 1 rings (SSSR count). The molecule has 0 aliphatic heterocycles. The first kappa shape index (κ1) is 14.9. The summed E-state index contributed by atoms with van der Waals surface area (Å²) in [6.45, 7) is 4.64. The molecule has 1 N–H and O–H groups in total. The number of hydrogen-bond donors (Lipinski definition) is 1. The summed E-state index contributed by atoms with van der Waals surface area (Å²) in [5.74, 6) is 0.423. The van der Waals surface area contributed by atoms with Gasteiger partial charge in [0.15, 0.2) is 0 Å². The first-order valence-corrected chi connectivity index (χ1v) is 8.18. The Morgan fingerprint density at radius 3 is 2.35 bits per heavy atom. The van der Waals surface area contributed by atoms with Gasteiger partial charge in [-0.3, -0.25) is 0 Å². The summed E-state index contributed by atoms with van der Waals surface area (Å²) in [6.07, 6.45) is 4.59. The van der Waals surface area contributed by atoms with Crippen molar-refractivity contribution in [2.24, 2.45) is 5.92 Å². The molecule has 0 aromatic heterocycles. The third-order valence-corrected chi connectivity index (χ3v) is 5.16. The zero-order valence-electron chi connectivity index (χ0n) is 10.9. The van der Waals surface area contributed by atoms with Crippen molar-refractivity contribution < 1.29 is 13.5 Å². The fourth-order valence-electron chi connectivity index (χ4n) is 2.41. The van der Waals surface area contributed by atoms with E-state index in [1.165, 1.54) is 0 Å². The molecule has 1 aliphatic rings. The van der Waals surface area contributed by atoms with Crippen molar-refractivity contribution in [3.63, 3.8) is 0 Å². The van der Waals surface area contributed by atoms with E-state index in [0.29, 0.717) is 18.9 Å². The number of sulfonamides is 1. The van der Waals surface area contributed by atoms with Crippen LogP contribution in [0.1, 0.15) is 46.0 Å². The number of rotatable bonds is 7. The normalized spacial score (nSPS) is 18.4. The summed E-state index contributed by atoms with van der Waals surface area (Å²) >= 11 is 0. The van der Waals surface area contributed by atoms with Crippen LogP contribution in [0.4, 0.5) is 0 Å². The van der Waals surface area contributed by atoms with Crippen molar-refractivity contribution in [3.05, 3.63) is 0 Å². The SMILES string of the molecule is CC(C)CN(C1CCCC1)S(=O)(=O)CCCO. The molecule has 0 radical (unpaired) electrons. The predicted octanol–water partition coefficient (Wildman–Crippen LogP) is 1.60. The van der Waals surface area contributed by atoms with Crippen LogP contribution in [0.15, 0.2) is 0 Å². The van der Waals surface area contributed by atoms with Gasteiger partial charge in [0.05, 0.1) is 5.75 Å². The fourth-order valence-corrected chi connectivity index (χ4v) is 4.32. The summed E-state index contributed by atoms with van der Waals surface area (Å²) < 4.78 is 26.1. The Balaban J connectivity index is 2.73. The molecule has 102 valence electrons. The number of nitrogens with zero attached hydrogens (tertiary/aromatic N) is 1. The molecule has 1 aliphatic carbocycles. The minimum absolute atomic E-state index is 0.0561. The van der Waals surface area contributed by atoms with Gasteiger partial charge in [0.2, 0.25) is 10.0 Å². The smallest absolute Gasteiger partial charge is 0.214 e. The van der Waals surface area contributed by atoms with Gasteiger partial charge in [-0.15, -0.1) is 0 Å². The summed E-state index contributed by atoms with van der Waals surface area (Å²) in [5, 5.41) is 8.78. The second-order valence-electron chi connectivity index (χ2n) is 5.29. The average Bonchev–Trinajstić information content (AvgIpc) is 2.76. The van der Waals surface area contributed by atoms with Crippen LogP contribution in [-0.2, 0) is 10.0 Å². The van der Waals surface area contributed by atoms with Gasteiger partial charge in [-0.25, -0.2) is 8.42 Å². The second kappa shape index (κ2) is 6.71. The van der Waals surface area contributed by atoms with Crippen molar-refractivity contribution in [2.75, 3.05) is 18.9 Å². The van der Waals surface area contributed by atoms with E-state index in [9.17, 15) is 8.42 Å². The molecule has 1 saturated carbocycles. The highest BCUT2D eigenvalue weighted by Gasteiger charge is 2.31. The monoisotopic (exact) mass is 263 g/mol. The van der Waals surface area contributed by atoms with Gasteiger partial charge < -0.3 is 5.11 Å². The summed E-state index contributed by atoms with van der Waals surface area (Å²) in [4.78, 5) is 0. The van der Waals surface area contributed by atoms with Crippen LogP contribution in [-0.4, -0.2) is 42.8 Å². The molecule has 0 spiro atoms. The van der Waals surface area contributed by atoms with Gasteiger partial charge in [0, 0.05) is 19.2 Å². The maximum absolute atomic E-state index is 12.2. The highest BCUT2D eigenvalue weighted by molar-refractivity contribution is 7.89. The highest BCUT2D eigenvalue weighted by atomic mass is 32.2. The first-order chi connectivity index (χ1) is 7.97. The van der Waals surface area contributed by atoms with E-state index in [1.807, 2.05) is 13.8 Å². The molecule has 17 heavy (non-hydrogen) atoms. The van der Waals surface area contributed by atoms with Crippen molar-refractivity contribution >= 4 is 10.0 Å². The predicted molar refractivity (Wildman–Crippen MR) is 69.3 cm³/mol. The van der Waals surface area contributed by atoms with Gasteiger partial charge >= 0.3 is 0 Å². The van der Waals surface area contributed by atoms with E-state index < -0.39 is 10.0 Å². The summed E-state index contributed by atoms with van der Waals surface area (Å²) in [6, 6.07) is 0.195. The van der Waals surface area contributed by atoms with Gasteiger partial charge in [-0.05, 0) is 25.2 Å².